The highest BCUT2D eigenvalue weighted by molar-refractivity contribution is 5.50. The van der Waals surface area contributed by atoms with Gasteiger partial charge in [0.05, 0.1) is 6.10 Å². The van der Waals surface area contributed by atoms with E-state index >= 15 is 0 Å². The Balaban J connectivity index is 2.30. The molecular weight excluding hydrogens is 218 g/mol. The molecule has 2 rings (SSSR count). The van der Waals surface area contributed by atoms with Gasteiger partial charge in [-0.15, -0.1) is 0 Å². The Morgan fingerprint density at radius 2 is 2.12 bits per heavy atom. The van der Waals surface area contributed by atoms with E-state index in [1.807, 2.05) is 18.2 Å². The zero-order chi connectivity index (χ0) is 12.4. The SMILES string of the molecule is C=C(NC=O)C1Cc2ccccc2C(O)C1O. The number of benzene rings is 1. The van der Waals surface area contributed by atoms with Crippen molar-refractivity contribution in [2.45, 2.75) is 18.6 Å². The molecule has 3 unspecified atom stereocenters. The van der Waals surface area contributed by atoms with Crippen LogP contribution in [0.1, 0.15) is 17.2 Å². The third-order valence-corrected chi connectivity index (χ3v) is 3.24. The van der Waals surface area contributed by atoms with Crippen LogP contribution in [0.3, 0.4) is 0 Å². The molecule has 3 atom stereocenters. The normalized spacial score (nSPS) is 27.1. The van der Waals surface area contributed by atoms with Gasteiger partial charge < -0.3 is 15.5 Å². The highest BCUT2D eigenvalue weighted by Crippen LogP contribution is 2.35. The second-order valence-electron chi connectivity index (χ2n) is 4.23. The minimum Gasteiger partial charge on any atom is -0.389 e. The van der Waals surface area contributed by atoms with Crippen molar-refractivity contribution >= 4 is 6.41 Å². The van der Waals surface area contributed by atoms with E-state index in [2.05, 4.69) is 11.9 Å². The quantitative estimate of drug-likeness (QED) is 0.666. The van der Waals surface area contributed by atoms with E-state index in [1.54, 1.807) is 6.07 Å². The van der Waals surface area contributed by atoms with Gasteiger partial charge >= 0.3 is 0 Å². The molecule has 0 heterocycles. The molecule has 0 fully saturated rings. The topological polar surface area (TPSA) is 69.6 Å². The zero-order valence-electron chi connectivity index (χ0n) is 9.34. The summed E-state index contributed by atoms with van der Waals surface area (Å²) in [4.78, 5) is 10.4. The van der Waals surface area contributed by atoms with E-state index < -0.39 is 12.2 Å². The summed E-state index contributed by atoms with van der Waals surface area (Å²) in [5, 5.41) is 22.5. The molecule has 17 heavy (non-hydrogen) atoms. The van der Waals surface area contributed by atoms with Gasteiger partial charge in [0, 0.05) is 11.6 Å². The van der Waals surface area contributed by atoms with Crippen molar-refractivity contribution < 1.29 is 15.0 Å². The minimum absolute atomic E-state index is 0.356. The van der Waals surface area contributed by atoms with Gasteiger partial charge in [0.25, 0.3) is 0 Å². The number of fused-ring (bicyclic) bond motifs is 1. The fourth-order valence-corrected chi connectivity index (χ4v) is 2.28. The van der Waals surface area contributed by atoms with Crippen LogP contribution in [0.2, 0.25) is 0 Å². The summed E-state index contributed by atoms with van der Waals surface area (Å²) < 4.78 is 0. The molecule has 4 nitrogen and oxygen atoms in total. The van der Waals surface area contributed by atoms with Gasteiger partial charge in [-0.3, -0.25) is 4.79 Å². The van der Waals surface area contributed by atoms with Crippen LogP contribution in [-0.4, -0.2) is 22.7 Å². The Labute approximate surface area is 99.6 Å². The molecule has 0 radical (unpaired) electrons. The number of amides is 1. The van der Waals surface area contributed by atoms with Gasteiger partial charge in [-0.2, -0.15) is 0 Å². The standard InChI is InChI=1S/C13H15NO3/c1-8(14-7-15)11-6-9-4-2-3-5-10(9)12(16)13(11)17/h2-5,7,11-13,16-17H,1,6H2,(H,14,15). The molecule has 0 saturated heterocycles. The molecule has 0 saturated carbocycles. The maximum atomic E-state index is 10.4. The number of carbonyl (C=O) groups excluding carboxylic acids is 1. The van der Waals surface area contributed by atoms with Gasteiger partial charge in [-0.25, -0.2) is 0 Å². The van der Waals surface area contributed by atoms with E-state index in [1.165, 1.54) is 0 Å². The molecule has 3 N–H and O–H groups in total. The fraction of sp³-hybridized carbons (Fsp3) is 0.308. The summed E-state index contributed by atoms with van der Waals surface area (Å²) in [6, 6.07) is 7.42. The van der Waals surface area contributed by atoms with Crippen molar-refractivity contribution in [1.29, 1.82) is 0 Å². The average molecular weight is 233 g/mol. The molecule has 0 aromatic heterocycles. The molecule has 0 bridgehead atoms. The molecule has 1 aliphatic rings. The van der Waals surface area contributed by atoms with Crippen molar-refractivity contribution in [2.75, 3.05) is 0 Å². The monoisotopic (exact) mass is 233 g/mol. The Hall–Kier alpha value is -1.65. The lowest BCUT2D eigenvalue weighted by Crippen LogP contribution is -2.38. The lowest BCUT2D eigenvalue weighted by atomic mass is 9.78. The molecule has 1 amide bonds. The molecule has 4 heteroatoms. The van der Waals surface area contributed by atoms with Crippen LogP contribution in [0, 0.1) is 5.92 Å². The van der Waals surface area contributed by atoms with E-state index in [0.717, 1.165) is 11.1 Å². The second-order valence-corrected chi connectivity index (χ2v) is 4.23. The maximum absolute atomic E-state index is 10.4. The molecule has 1 aromatic carbocycles. The van der Waals surface area contributed by atoms with Gasteiger partial charge in [-0.1, -0.05) is 30.8 Å². The summed E-state index contributed by atoms with van der Waals surface area (Å²) >= 11 is 0. The number of hydrogen-bond acceptors (Lipinski definition) is 3. The van der Waals surface area contributed by atoms with Crippen LogP contribution in [0.25, 0.3) is 0 Å². The van der Waals surface area contributed by atoms with Crippen LogP contribution in [0.4, 0.5) is 0 Å². The maximum Gasteiger partial charge on any atom is 0.211 e. The van der Waals surface area contributed by atoms with Crippen molar-refractivity contribution in [3.05, 3.63) is 47.7 Å². The largest absolute Gasteiger partial charge is 0.389 e. The van der Waals surface area contributed by atoms with Crippen molar-refractivity contribution in [2.24, 2.45) is 5.92 Å². The molecule has 0 spiro atoms. The number of rotatable bonds is 3. The van der Waals surface area contributed by atoms with Crippen molar-refractivity contribution in [3.63, 3.8) is 0 Å². The first-order valence-electron chi connectivity index (χ1n) is 5.48. The summed E-state index contributed by atoms with van der Waals surface area (Å²) in [5.74, 6) is -0.356. The lowest BCUT2D eigenvalue weighted by molar-refractivity contribution is -0.109. The summed E-state index contributed by atoms with van der Waals surface area (Å²) in [5.41, 5.74) is 2.15. The van der Waals surface area contributed by atoms with Gasteiger partial charge in [0.1, 0.15) is 6.10 Å². The van der Waals surface area contributed by atoms with Crippen LogP contribution in [0.5, 0.6) is 0 Å². The van der Waals surface area contributed by atoms with E-state index in [9.17, 15) is 15.0 Å². The zero-order valence-corrected chi connectivity index (χ0v) is 9.34. The molecular formula is C13H15NO3. The Morgan fingerprint density at radius 3 is 2.82 bits per heavy atom. The first-order chi connectivity index (χ1) is 8.15. The molecule has 1 aliphatic carbocycles. The minimum atomic E-state index is -0.940. The van der Waals surface area contributed by atoms with E-state index in [-0.39, 0.29) is 5.92 Å². The number of nitrogens with one attached hydrogen (secondary N) is 1. The average Bonchev–Trinajstić information content (AvgIpc) is 2.34. The third kappa shape index (κ3) is 2.09. The van der Waals surface area contributed by atoms with E-state index in [0.29, 0.717) is 18.5 Å². The summed E-state index contributed by atoms with van der Waals surface area (Å²) in [7, 11) is 0. The smallest absolute Gasteiger partial charge is 0.211 e. The van der Waals surface area contributed by atoms with Crippen LogP contribution < -0.4 is 5.32 Å². The van der Waals surface area contributed by atoms with Crippen LogP contribution in [0.15, 0.2) is 36.5 Å². The molecule has 90 valence electrons. The summed E-state index contributed by atoms with van der Waals surface area (Å²) in [6.45, 7) is 3.71. The predicted molar refractivity (Wildman–Crippen MR) is 62.9 cm³/mol. The second kappa shape index (κ2) is 4.69. The third-order valence-electron chi connectivity index (χ3n) is 3.24. The lowest BCUT2D eigenvalue weighted by Gasteiger charge is -2.34. The first-order valence-corrected chi connectivity index (χ1v) is 5.48. The fourth-order valence-electron chi connectivity index (χ4n) is 2.28. The van der Waals surface area contributed by atoms with Crippen molar-refractivity contribution in [3.8, 4) is 0 Å². The van der Waals surface area contributed by atoms with Crippen LogP contribution >= 0.6 is 0 Å². The number of aliphatic hydroxyl groups excluding tert-OH is 2. The number of carbonyl (C=O) groups is 1. The number of aliphatic hydroxyl groups is 2. The Morgan fingerprint density at radius 1 is 1.41 bits per heavy atom. The predicted octanol–water partition coefficient (Wildman–Crippen LogP) is 0.513. The number of hydrogen-bond donors (Lipinski definition) is 3. The first kappa shape index (κ1) is 11.8. The molecule has 1 aromatic rings. The Kier molecular flexibility index (Phi) is 3.26. The van der Waals surface area contributed by atoms with Gasteiger partial charge in [-0.05, 0) is 17.5 Å². The Bertz CT molecular complexity index is 444. The highest BCUT2D eigenvalue weighted by Gasteiger charge is 2.35. The van der Waals surface area contributed by atoms with Crippen LogP contribution in [-0.2, 0) is 11.2 Å². The highest BCUT2D eigenvalue weighted by atomic mass is 16.3. The van der Waals surface area contributed by atoms with Crippen molar-refractivity contribution in [1.82, 2.24) is 5.32 Å². The molecule has 0 aliphatic heterocycles. The van der Waals surface area contributed by atoms with Gasteiger partial charge in [0.2, 0.25) is 6.41 Å². The van der Waals surface area contributed by atoms with E-state index in [4.69, 9.17) is 0 Å². The van der Waals surface area contributed by atoms with Gasteiger partial charge in [0.15, 0.2) is 0 Å². The summed E-state index contributed by atoms with van der Waals surface area (Å²) in [6.07, 6.45) is -0.782.